The molecule has 1 aliphatic rings. The number of nitrogens with zero attached hydrogens (tertiary/aromatic N) is 3. The van der Waals surface area contributed by atoms with Gasteiger partial charge in [-0.1, -0.05) is 6.92 Å². The highest BCUT2D eigenvalue weighted by molar-refractivity contribution is 7.89. The summed E-state index contributed by atoms with van der Waals surface area (Å²) >= 11 is 0. The molecule has 3 aromatic heterocycles. The summed E-state index contributed by atoms with van der Waals surface area (Å²) in [6.07, 6.45) is 1.44. The molecule has 34 heavy (non-hydrogen) atoms. The number of rotatable bonds is 7. The summed E-state index contributed by atoms with van der Waals surface area (Å²) in [5, 5.41) is 0.591. The van der Waals surface area contributed by atoms with Crippen LogP contribution in [0.5, 0.6) is 0 Å². The predicted octanol–water partition coefficient (Wildman–Crippen LogP) is 3.71. The number of fused-ring (bicyclic) bond motifs is 1. The van der Waals surface area contributed by atoms with Crippen molar-refractivity contribution in [2.24, 2.45) is 5.73 Å². The third-order valence-electron chi connectivity index (χ3n) is 6.11. The molecule has 1 aliphatic carbocycles. The number of sulfonamides is 1. The van der Waals surface area contributed by atoms with Gasteiger partial charge >= 0.3 is 6.18 Å². The first-order valence-electron chi connectivity index (χ1n) is 10.8. The molecule has 4 rings (SSSR count). The minimum Gasteiger partial charge on any atom is -0.366 e. The first-order chi connectivity index (χ1) is 15.9. The normalized spacial score (nSPS) is 15.9. The lowest BCUT2D eigenvalue weighted by Crippen LogP contribution is -2.42. The number of hydrogen-bond acceptors (Lipinski definition) is 5. The van der Waals surface area contributed by atoms with E-state index in [2.05, 4.69) is 9.97 Å². The molecule has 0 radical (unpaired) electrons. The van der Waals surface area contributed by atoms with Crippen LogP contribution in [0.1, 0.15) is 55.1 Å². The first-order valence-corrected chi connectivity index (χ1v) is 12.3. The highest BCUT2D eigenvalue weighted by Gasteiger charge is 2.39. The van der Waals surface area contributed by atoms with E-state index in [0.717, 1.165) is 37.1 Å². The number of nitrogens with one attached hydrogen (secondary N) is 1. The van der Waals surface area contributed by atoms with Crippen LogP contribution >= 0.6 is 0 Å². The molecular weight excluding hydrogens is 471 g/mol. The highest BCUT2D eigenvalue weighted by Crippen LogP contribution is 2.41. The maximum atomic E-state index is 12.8. The number of nitrogens with two attached hydrogens (primary N) is 1. The Balaban J connectivity index is 1.84. The number of aromatic nitrogens is 3. The minimum atomic E-state index is -4.73. The average Bonchev–Trinajstić information content (AvgIpc) is 3.06. The van der Waals surface area contributed by atoms with E-state index in [4.69, 9.17) is 5.73 Å². The van der Waals surface area contributed by atoms with E-state index in [9.17, 15) is 26.4 Å². The Kier molecular flexibility index (Phi) is 6.15. The molecule has 0 saturated heterocycles. The van der Waals surface area contributed by atoms with Crippen LogP contribution in [0.25, 0.3) is 22.4 Å². The summed E-state index contributed by atoms with van der Waals surface area (Å²) in [7, 11) is -4.46. The second-order valence-corrected chi connectivity index (χ2v) is 10.1. The molecule has 3 heterocycles. The van der Waals surface area contributed by atoms with Gasteiger partial charge in [0.1, 0.15) is 16.6 Å². The van der Waals surface area contributed by atoms with Crippen LogP contribution in [0.15, 0.2) is 35.5 Å². The van der Waals surface area contributed by atoms with Crippen molar-refractivity contribution in [3.8, 4) is 11.4 Å². The summed E-state index contributed by atoms with van der Waals surface area (Å²) in [6, 6.07) is 2.20. The van der Waals surface area contributed by atoms with E-state index in [0.29, 0.717) is 30.1 Å². The fourth-order valence-corrected chi connectivity index (χ4v) is 5.15. The number of hydrogen-bond donors (Lipinski definition) is 2. The first kappa shape index (κ1) is 24.1. The SMILES string of the molecule is CCc1cnc2c(c1)c(C(N)=O)c(-c1ccc(S(=O)(=O)N[C@@H](C)C(F)(F)F)cn1)n2C1CCC1. The van der Waals surface area contributed by atoms with E-state index in [1.165, 1.54) is 6.07 Å². The number of aryl methyl sites for hydroxylation is 1. The molecular formula is C22H24F3N5O3S. The molecule has 0 spiro atoms. The van der Waals surface area contributed by atoms with E-state index in [-0.39, 0.29) is 17.3 Å². The van der Waals surface area contributed by atoms with Crippen molar-refractivity contribution >= 4 is 27.0 Å². The third-order valence-corrected chi connectivity index (χ3v) is 7.63. The minimum absolute atomic E-state index is 0.0742. The predicted molar refractivity (Wildman–Crippen MR) is 120 cm³/mol. The fraction of sp³-hybridized carbons (Fsp3) is 0.409. The van der Waals surface area contributed by atoms with Gasteiger partial charge < -0.3 is 10.3 Å². The molecule has 0 aromatic carbocycles. The zero-order valence-corrected chi connectivity index (χ0v) is 19.4. The molecule has 12 heteroatoms. The molecule has 1 saturated carbocycles. The topological polar surface area (TPSA) is 120 Å². The van der Waals surface area contributed by atoms with Gasteiger partial charge in [-0.25, -0.2) is 13.4 Å². The van der Waals surface area contributed by atoms with Crippen molar-refractivity contribution in [1.29, 1.82) is 0 Å². The number of carbonyl (C=O) groups excluding carboxylic acids is 1. The van der Waals surface area contributed by atoms with Crippen LogP contribution in [-0.2, 0) is 16.4 Å². The number of carbonyl (C=O) groups is 1. The van der Waals surface area contributed by atoms with Gasteiger partial charge in [0.25, 0.3) is 5.91 Å². The van der Waals surface area contributed by atoms with Gasteiger partial charge in [-0.2, -0.15) is 17.9 Å². The molecule has 1 atom stereocenters. The van der Waals surface area contributed by atoms with E-state index in [1.807, 2.05) is 17.6 Å². The lowest BCUT2D eigenvalue weighted by molar-refractivity contribution is -0.147. The van der Waals surface area contributed by atoms with Gasteiger partial charge in [0.2, 0.25) is 10.0 Å². The second kappa shape index (κ2) is 8.66. The molecule has 3 N–H and O–H groups in total. The van der Waals surface area contributed by atoms with Crippen LogP contribution in [0.3, 0.4) is 0 Å². The fourth-order valence-electron chi connectivity index (χ4n) is 3.97. The zero-order chi connectivity index (χ0) is 24.8. The molecule has 0 bridgehead atoms. The molecule has 8 nitrogen and oxygen atoms in total. The number of primary amides is 1. The lowest BCUT2D eigenvalue weighted by atomic mass is 9.92. The van der Waals surface area contributed by atoms with Crippen molar-refractivity contribution in [2.75, 3.05) is 0 Å². The summed E-state index contributed by atoms with van der Waals surface area (Å²) < 4.78 is 66.8. The van der Waals surface area contributed by atoms with Crippen molar-refractivity contribution in [3.63, 3.8) is 0 Å². The van der Waals surface area contributed by atoms with Crippen LogP contribution in [-0.4, -0.2) is 41.1 Å². The third kappa shape index (κ3) is 4.27. The monoisotopic (exact) mass is 495 g/mol. The largest absolute Gasteiger partial charge is 0.404 e. The van der Waals surface area contributed by atoms with Gasteiger partial charge in [0.15, 0.2) is 0 Å². The molecule has 3 aromatic rings. The van der Waals surface area contributed by atoms with E-state index >= 15 is 0 Å². The second-order valence-electron chi connectivity index (χ2n) is 8.37. The Labute approximate surface area is 194 Å². The van der Waals surface area contributed by atoms with Gasteiger partial charge in [-0.3, -0.25) is 9.78 Å². The van der Waals surface area contributed by atoms with E-state index in [1.54, 1.807) is 10.9 Å². The quantitative estimate of drug-likeness (QED) is 0.518. The Bertz CT molecular complexity index is 1350. The van der Waals surface area contributed by atoms with E-state index < -0.39 is 33.0 Å². The number of alkyl halides is 3. The smallest absolute Gasteiger partial charge is 0.366 e. The maximum absolute atomic E-state index is 12.8. The van der Waals surface area contributed by atoms with Gasteiger partial charge in [-0.15, -0.1) is 0 Å². The molecule has 0 unspecified atom stereocenters. The van der Waals surface area contributed by atoms with Crippen LogP contribution in [0, 0.1) is 0 Å². The Morgan fingerprint density at radius 1 is 1.26 bits per heavy atom. The van der Waals surface area contributed by atoms with Gasteiger partial charge in [0, 0.05) is 23.8 Å². The summed E-state index contributed by atoms with van der Waals surface area (Å²) in [4.78, 5) is 20.9. The Morgan fingerprint density at radius 2 is 1.97 bits per heavy atom. The molecule has 1 fully saturated rings. The highest BCUT2D eigenvalue weighted by atomic mass is 32.2. The van der Waals surface area contributed by atoms with Crippen LogP contribution in [0.4, 0.5) is 13.2 Å². The zero-order valence-electron chi connectivity index (χ0n) is 18.6. The van der Waals surface area contributed by atoms with Crippen molar-refractivity contribution in [3.05, 3.63) is 41.7 Å². The van der Waals surface area contributed by atoms with Crippen molar-refractivity contribution in [1.82, 2.24) is 19.3 Å². The lowest BCUT2D eigenvalue weighted by Gasteiger charge is -2.29. The summed E-state index contributed by atoms with van der Waals surface area (Å²) in [6.45, 7) is 2.68. The number of halogens is 3. The molecule has 182 valence electrons. The number of pyridine rings is 2. The standard InChI is InChI=1S/C22H24F3N5O3S/c1-3-13-9-16-18(20(26)31)19(30(14-5-4-6-14)21(16)28-10-13)17-8-7-15(11-27-17)34(32,33)29-12(2)22(23,24)25/h7-12,14,29H,3-6H2,1-2H3,(H2,26,31)/t12-/m0/s1. The Hall–Kier alpha value is -2.99. The summed E-state index contributed by atoms with van der Waals surface area (Å²) in [5.41, 5.74) is 8.20. The maximum Gasteiger partial charge on any atom is 0.404 e. The number of amides is 1. The van der Waals surface area contributed by atoms with Gasteiger partial charge in [-0.05, 0) is 56.4 Å². The molecule has 0 aliphatic heterocycles. The van der Waals surface area contributed by atoms with Crippen LogP contribution < -0.4 is 10.5 Å². The average molecular weight is 496 g/mol. The van der Waals surface area contributed by atoms with Crippen molar-refractivity contribution < 1.29 is 26.4 Å². The van der Waals surface area contributed by atoms with Crippen molar-refractivity contribution in [2.45, 2.75) is 62.7 Å². The summed E-state index contributed by atoms with van der Waals surface area (Å²) in [5.74, 6) is -0.674. The van der Waals surface area contributed by atoms with Gasteiger partial charge in [0.05, 0.1) is 17.0 Å². The van der Waals surface area contributed by atoms with Crippen LogP contribution in [0.2, 0.25) is 0 Å². The molecule has 1 amide bonds. The Morgan fingerprint density at radius 3 is 2.47 bits per heavy atom.